The summed E-state index contributed by atoms with van der Waals surface area (Å²) in [6, 6.07) is 2.03. The largest absolute Gasteiger partial charge is 0.462 e. The number of amides is 2. The van der Waals surface area contributed by atoms with Crippen LogP contribution in [0.3, 0.4) is 0 Å². The molecule has 2 aromatic heterocycles. The molecule has 0 radical (unpaired) electrons. The number of halogens is 5. The minimum absolute atomic E-state index is 0.252. The number of aromatic nitrogens is 2. The van der Waals surface area contributed by atoms with Crippen LogP contribution in [0.15, 0.2) is 29.0 Å². The number of rotatable bonds is 3. The van der Waals surface area contributed by atoms with Gasteiger partial charge in [-0.2, -0.15) is 13.2 Å². The molecule has 3 N–H and O–H groups in total. The molecule has 0 aliphatic rings. The maximum atomic E-state index is 12.5. The first kappa shape index (κ1) is 18.4. The van der Waals surface area contributed by atoms with Crippen molar-refractivity contribution in [3.8, 4) is 0 Å². The van der Waals surface area contributed by atoms with Crippen LogP contribution in [-0.2, 0) is 6.18 Å². The zero-order valence-electron chi connectivity index (χ0n) is 13.0. The number of aromatic amines is 1. The van der Waals surface area contributed by atoms with Gasteiger partial charge < -0.3 is 14.7 Å². The highest BCUT2D eigenvalue weighted by Gasteiger charge is 2.33. The lowest BCUT2D eigenvalue weighted by Crippen LogP contribution is -2.31. The number of hydrogen-bond acceptors (Lipinski definition) is 3. The number of furan rings is 1. The maximum Gasteiger partial charge on any atom is 0.432 e. The summed E-state index contributed by atoms with van der Waals surface area (Å²) in [6.07, 6.45) is -2.56. The summed E-state index contributed by atoms with van der Waals surface area (Å²) >= 11 is 12.0. The first-order valence-corrected chi connectivity index (χ1v) is 7.97. The zero-order chi connectivity index (χ0) is 19.1. The molecule has 3 aromatic rings. The average molecular weight is 407 g/mol. The average Bonchev–Trinajstić information content (AvgIpc) is 3.17. The lowest BCUT2D eigenvalue weighted by atomic mass is 10.1. The minimum Gasteiger partial charge on any atom is -0.462 e. The van der Waals surface area contributed by atoms with Crippen molar-refractivity contribution in [2.45, 2.75) is 19.1 Å². The van der Waals surface area contributed by atoms with E-state index in [-0.39, 0.29) is 11.0 Å². The Balaban J connectivity index is 1.72. The number of imidazole rings is 1. The van der Waals surface area contributed by atoms with Crippen LogP contribution in [0, 0.1) is 0 Å². The van der Waals surface area contributed by atoms with E-state index in [4.69, 9.17) is 27.6 Å². The Kier molecular flexibility index (Phi) is 4.76. The van der Waals surface area contributed by atoms with Crippen molar-refractivity contribution < 1.29 is 22.4 Å². The molecule has 0 saturated heterocycles. The Labute approximate surface area is 154 Å². The molecular formula is C15H11Cl2F3N4O2. The third-order valence-electron chi connectivity index (χ3n) is 3.59. The molecule has 0 aliphatic heterocycles. The lowest BCUT2D eigenvalue weighted by Gasteiger charge is -2.13. The predicted octanol–water partition coefficient (Wildman–Crippen LogP) is 5.36. The third kappa shape index (κ3) is 3.58. The number of nitrogens with zero attached hydrogens (tertiary/aromatic N) is 1. The smallest absolute Gasteiger partial charge is 0.432 e. The van der Waals surface area contributed by atoms with Gasteiger partial charge in [0.25, 0.3) is 0 Å². The van der Waals surface area contributed by atoms with E-state index >= 15 is 0 Å². The van der Waals surface area contributed by atoms with Crippen LogP contribution >= 0.6 is 23.2 Å². The van der Waals surface area contributed by atoms with E-state index in [1.165, 1.54) is 6.26 Å². The van der Waals surface area contributed by atoms with Gasteiger partial charge >= 0.3 is 12.2 Å². The summed E-state index contributed by atoms with van der Waals surface area (Å²) in [5.74, 6) is -0.325. The summed E-state index contributed by atoms with van der Waals surface area (Å²) in [4.78, 5) is 17.4. The fourth-order valence-corrected chi connectivity index (χ4v) is 2.70. The Bertz CT molecular complexity index is 968. The highest BCUT2D eigenvalue weighted by atomic mass is 35.5. The maximum absolute atomic E-state index is 12.5. The number of benzene rings is 1. The van der Waals surface area contributed by atoms with Crippen LogP contribution < -0.4 is 10.6 Å². The molecule has 0 spiro atoms. The first-order valence-electron chi connectivity index (χ1n) is 7.21. The van der Waals surface area contributed by atoms with Crippen LogP contribution in [0.4, 0.5) is 23.9 Å². The van der Waals surface area contributed by atoms with Gasteiger partial charge in [-0.1, -0.05) is 23.2 Å². The number of alkyl halides is 3. The van der Waals surface area contributed by atoms with E-state index in [1.807, 2.05) is 4.98 Å². The standard InChI is InChI=1S/C15H11Cl2F3N4O2/c1-6(8-5-26-12-7(8)2-3-9(16)11(12)17)22-14(25)24-13-21-4-10(23-13)15(18,19)20/h2-6H,1H3,(H3,21,22,23,24,25)/t6-/m1/s1. The van der Waals surface area contributed by atoms with Crippen LogP contribution in [-0.4, -0.2) is 16.0 Å². The van der Waals surface area contributed by atoms with Gasteiger partial charge in [-0.05, 0) is 19.1 Å². The molecule has 3 rings (SSSR count). The predicted molar refractivity (Wildman–Crippen MR) is 90.4 cm³/mol. The molecule has 26 heavy (non-hydrogen) atoms. The van der Waals surface area contributed by atoms with Gasteiger partial charge in [0, 0.05) is 10.9 Å². The molecule has 2 amide bonds. The lowest BCUT2D eigenvalue weighted by molar-refractivity contribution is -0.140. The third-order valence-corrected chi connectivity index (χ3v) is 4.38. The van der Waals surface area contributed by atoms with Crippen LogP contribution in [0.1, 0.15) is 24.2 Å². The van der Waals surface area contributed by atoms with Crippen molar-refractivity contribution in [1.82, 2.24) is 15.3 Å². The van der Waals surface area contributed by atoms with Crippen molar-refractivity contribution in [3.05, 3.63) is 45.9 Å². The molecule has 138 valence electrons. The van der Waals surface area contributed by atoms with Crippen molar-refractivity contribution in [2.75, 3.05) is 5.32 Å². The number of fused-ring (bicyclic) bond motifs is 1. The number of carbonyl (C=O) groups excluding carboxylic acids is 1. The van der Waals surface area contributed by atoms with E-state index in [0.29, 0.717) is 27.8 Å². The van der Waals surface area contributed by atoms with E-state index in [2.05, 4.69) is 15.6 Å². The molecule has 6 nitrogen and oxygen atoms in total. The number of nitrogens with one attached hydrogen (secondary N) is 3. The van der Waals surface area contributed by atoms with E-state index in [1.54, 1.807) is 19.1 Å². The summed E-state index contributed by atoms with van der Waals surface area (Å²) in [7, 11) is 0. The second-order valence-corrected chi connectivity index (χ2v) is 6.18. The van der Waals surface area contributed by atoms with Crippen LogP contribution in [0.5, 0.6) is 0 Å². The molecule has 1 aromatic carbocycles. The Hall–Kier alpha value is -2.39. The van der Waals surface area contributed by atoms with Gasteiger partial charge in [-0.3, -0.25) is 5.32 Å². The van der Waals surface area contributed by atoms with Crippen molar-refractivity contribution in [1.29, 1.82) is 0 Å². The SMILES string of the molecule is C[C@@H](NC(=O)Nc1ncc(C(F)(F)F)[nH]1)c1coc2c(Cl)c(Cl)ccc12. The second kappa shape index (κ2) is 6.73. The summed E-state index contributed by atoms with van der Waals surface area (Å²) in [6.45, 7) is 1.68. The topological polar surface area (TPSA) is 83.0 Å². The number of urea groups is 1. The van der Waals surface area contributed by atoms with Crippen LogP contribution in [0.25, 0.3) is 11.0 Å². The van der Waals surface area contributed by atoms with Gasteiger partial charge in [0.2, 0.25) is 5.95 Å². The Morgan fingerprint density at radius 3 is 2.73 bits per heavy atom. The number of hydrogen-bond donors (Lipinski definition) is 3. The second-order valence-electron chi connectivity index (χ2n) is 5.39. The van der Waals surface area contributed by atoms with Gasteiger partial charge in [0.15, 0.2) is 5.58 Å². The monoisotopic (exact) mass is 406 g/mol. The number of anilines is 1. The summed E-state index contributed by atoms with van der Waals surface area (Å²) < 4.78 is 42.9. The van der Waals surface area contributed by atoms with Crippen molar-refractivity contribution in [2.24, 2.45) is 0 Å². The van der Waals surface area contributed by atoms with E-state index < -0.39 is 23.9 Å². The van der Waals surface area contributed by atoms with Gasteiger partial charge in [0.05, 0.1) is 23.5 Å². The highest BCUT2D eigenvalue weighted by molar-refractivity contribution is 6.44. The van der Waals surface area contributed by atoms with Gasteiger partial charge in [0.1, 0.15) is 10.7 Å². The Morgan fingerprint density at radius 1 is 1.35 bits per heavy atom. The van der Waals surface area contributed by atoms with Crippen LogP contribution in [0.2, 0.25) is 10.0 Å². The first-order chi connectivity index (χ1) is 12.2. The summed E-state index contributed by atoms with van der Waals surface area (Å²) in [5.41, 5.74) is -0.0542. The molecule has 0 saturated carbocycles. The normalized spacial score (nSPS) is 13.0. The Morgan fingerprint density at radius 2 is 2.08 bits per heavy atom. The molecule has 2 heterocycles. The quantitative estimate of drug-likeness (QED) is 0.546. The molecule has 11 heteroatoms. The van der Waals surface area contributed by atoms with Gasteiger partial charge in [-0.25, -0.2) is 9.78 Å². The highest BCUT2D eigenvalue weighted by Crippen LogP contribution is 2.35. The van der Waals surface area contributed by atoms with E-state index in [9.17, 15) is 18.0 Å². The molecule has 0 aliphatic carbocycles. The fraction of sp³-hybridized carbons (Fsp3) is 0.200. The molecule has 0 bridgehead atoms. The summed E-state index contributed by atoms with van der Waals surface area (Å²) in [5, 5.41) is 6.02. The molecule has 0 unspecified atom stereocenters. The molecule has 1 atom stereocenters. The van der Waals surface area contributed by atoms with Crippen molar-refractivity contribution >= 4 is 46.2 Å². The van der Waals surface area contributed by atoms with Crippen molar-refractivity contribution in [3.63, 3.8) is 0 Å². The minimum atomic E-state index is -4.58. The number of carbonyl (C=O) groups is 1. The zero-order valence-corrected chi connectivity index (χ0v) is 14.6. The molecule has 0 fully saturated rings. The molecular weight excluding hydrogens is 396 g/mol. The van der Waals surface area contributed by atoms with Gasteiger partial charge in [-0.15, -0.1) is 0 Å². The van der Waals surface area contributed by atoms with E-state index in [0.717, 1.165) is 0 Å². The fourth-order valence-electron chi connectivity index (χ4n) is 2.34. The number of H-pyrrole nitrogens is 1.